The normalized spacial score (nSPS) is 21.7. The third kappa shape index (κ3) is 3.83. The van der Waals surface area contributed by atoms with Gasteiger partial charge in [-0.05, 0) is 42.3 Å². The standard InChI is InChI=1S/C18H29NO/c1-5-19-17(16-8-6-7-13-20-16)14-9-11-15(12-10-14)18(2,3)4/h9-12,16-17,19H,5-8,13H2,1-4H3. The van der Waals surface area contributed by atoms with Gasteiger partial charge in [-0.1, -0.05) is 52.0 Å². The topological polar surface area (TPSA) is 21.3 Å². The molecule has 2 atom stereocenters. The highest BCUT2D eigenvalue weighted by molar-refractivity contribution is 5.29. The van der Waals surface area contributed by atoms with E-state index in [1.165, 1.54) is 30.4 Å². The van der Waals surface area contributed by atoms with Gasteiger partial charge in [-0.15, -0.1) is 0 Å². The molecular weight excluding hydrogens is 246 g/mol. The lowest BCUT2D eigenvalue weighted by molar-refractivity contribution is -0.00786. The highest BCUT2D eigenvalue weighted by Gasteiger charge is 2.25. The fourth-order valence-corrected chi connectivity index (χ4v) is 2.90. The molecule has 0 bridgehead atoms. The van der Waals surface area contributed by atoms with Crippen LogP contribution in [0.15, 0.2) is 24.3 Å². The van der Waals surface area contributed by atoms with Crippen molar-refractivity contribution in [1.29, 1.82) is 0 Å². The molecule has 1 saturated heterocycles. The summed E-state index contributed by atoms with van der Waals surface area (Å²) in [6, 6.07) is 9.40. The summed E-state index contributed by atoms with van der Waals surface area (Å²) in [5.41, 5.74) is 2.96. The zero-order chi connectivity index (χ0) is 14.6. The SMILES string of the molecule is CCNC(c1ccc(C(C)(C)C)cc1)C1CCCCO1. The molecule has 2 nitrogen and oxygen atoms in total. The second-order valence-electron chi connectivity index (χ2n) is 6.81. The Balaban J connectivity index is 2.16. The van der Waals surface area contributed by atoms with Crippen molar-refractivity contribution in [2.45, 2.75) is 64.5 Å². The van der Waals surface area contributed by atoms with Crippen LogP contribution in [0.5, 0.6) is 0 Å². The Bertz CT molecular complexity index is 398. The van der Waals surface area contributed by atoms with Gasteiger partial charge in [-0.2, -0.15) is 0 Å². The van der Waals surface area contributed by atoms with Gasteiger partial charge < -0.3 is 10.1 Å². The molecule has 1 aromatic rings. The average molecular weight is 275 g/mol. The molecule has 1 aliphatic heterocycles. The third-order valence-corrected chi connectivity index (χ3v) is 4.15. The average Bonchev–Trinajstić information content (AvgIpc) is 2.45. The molecule has 0 aliphatic carbocycles. The summed E-state index contributed by atoms with van der Waals surface area (Å²) in [4.78, 5) is 0. The van der Waals surface area contributed by atoms with Crippen LogP contribution in [0, 0.1) is 0 Å². The molecule has 0 aromatic heterocycles. The van der Waals surface area contributed by atoms with E-state index >= 15 is 0 Å². The maximum Gasteiger partial charge on any atom is 0.0769 e. The molecule has 1 N–H and O–H groups in total. The summed E-state index contributed by atoms with van der Waals surface area (Å²) in [7, 11) is 0. The molecular formula is C18H29NO. The number of rotatable bonds is 4. The lowest BCUT2D eigenvalue weighted by Gasteiger charge is -2.31. The summed E-state index contributed by atoms with van der Waals surface area (Å²) in [6.45, 7) is 10.8. The molecule has 2 unspecified atom stereocenters. The Morgan fingerprint density at radius 1 is 1.20 bits per heavy atom. The molecule has 0 radical (unpaired) electrons. The molecule has 2 rings (SSSR count). The first-order chi connectivity index (χ1) is 9.52. The first-order valence-electron chi connectivity index (χ1n) is 7.98. The molecule has 20 heavy (non-hydrogen) atoms. The molecule has 1 aromatic carbocycles. The molecule has 1 aliphatic rings. The van der Waals surface area contributed by atoms with Crippen LogP contribution in [0.1, 0.15) is 64.1 Å². The van der Waals surface area contributed by atoms with Gasteiger partial charge in [0.2, 0.25) is 0 Å². The summed E-state index contributed by atoms with van der Waals surface area (Å²) < 4.78 is 5.98. The Morgan fingerprint density at radius 3 is 2.40 bits per heavy atom. The van der Waals surface area contributed by atoms with Crippen molar-refractivity contribution in [2.75, 3.05) is 13.2 Å². The second kappa shape index (κ2) is 6.73. The fourth-order valence-electron chi connectivity index (χ4n) is 2.90. The number of hydrogen-bond donors (Lipinski definition) is 1. The second-order valence-corrected chi connectivity index (χ2v) is 6.81. The van der Waals surface area contributed by atoms with E-state index in [0.717, 1.165) is 13.2 Å². The maximum atomic E-state index is 5.98. The van der Waals surface area contributed by atoms with E-state index < -0.39 is 0 Å². The van der Waals surface area contributed by atoms with E-state index in [9.17, 15) is 0 Å². The van der Waals surface area contributed by atoms with E-state index in [2.05, 4.69) is 57.3 Å². The van der Waals surface area contributed by atoms with Gasteiger partial charge in [0.25, 0.3) is 0 Å². The van der Waals surface area contributed by atoms with Gasteiger partial charge in [0, 0.05) is 6.61 Å². The number of hydrogen-bond acceptors (Lipinski definition) is 2. The van der Waals surface area contributed by atoms with Crippen LogP contribution in [-0.4, -0.2) is 19.3 Å². The van der Waals surface area contributed by atoms with Crippen molar-refractivity contribution in [1.82, 2.24) is 5.32 Å². The highest BCUT2D eigenvalue weighted by atomic mass is 16.5. The van der Waals surface area contributed by atoms with Gasteiger partial charge >= 0.3 is 0 Å². The van der Waals surface area contributed by atoms with Gasteiger partial charge in [-0.25, -0.2) is 0 Å². The lowest BCUT2D eigenvalue weighted by Crippen LogP contribution is -2.36. The van der Waals surface area contributed by atoms with Crippen LogP contribution in [0.4, 0.5) is 0 Å². The van der Waals surface area contributed by atoms with Gasteiger partial charge in [0.1, 0.15) is 0 Å². The molecule has 112 valence electrons. The van der Waals surface area contributed by atoms with Crippen LogP contribution in [0.3, 0.4) is 0 Å². The first-order valence-corrected chi connectivity index (χ1v) is 7.98. The van der Waals surface area contributed by atoms with E-state index in [-0.39, 0.29) is 5.41 Å². The summed E-state index contributed by atoms with van der Waals surface area (Å²) in [5.74, 6) is 0. The molecule has 1 fully saturated rings. The third-order valence-electron chi connectivity index (χ3n) is 4.15. The molecule has 0 saturated carbocycles. The highest BCUT2D eigenvalue weighted by Crippen LogP contribution is 2.29. The van der Waals surface area contributed by atoms with E-state index in [0.29, 0.717) is 12.1 Å². The minimum atomic E-state index is 0.216. The zero-order valence-electron chi connectivity index (χ0n) is 13.4. The first kappa shape index (κ1) is 15.5. The molecule has 2 heteroatoms. The van der Waals surface area contributed by atoms with Gasteiger partial charge in [0.15, 0.2) is 0 Å². The molecule has 0 amide bonds. The van der Waals surface area contributed by atoms with Crippen molar-refractivity contribution >= 4 is 0 Å². The molecule has 1 heterocycles. The smallest absolute Gasteiger partial charge is 0.0769 e. The van der Waals surface area contributed by atoms with Crippen LogP contribution in [0.2, 0.25) is 0 Å². The van der Waals surface area contributed by atoms with E-state index in [1.807, 2.05) is 0 Å². The maximum absolute atomic E-state index is 5.98. The Morgan fingerprint density at radius 2 is 1.90 bits per heavy atom. The predicted molar refractivity (Wildman–Crippen MR) is 85.2 cm³/mol. The Hall–Kier alpha value is -0.860. The Kier molecular flexibility index (Phi) is 5.22. The van der Waals surface area contributed by atoms with Crippen molar-refractivity contribution in [3.05, 3.63) is 35.4 Å². The van der Waals surface area contributed by atoms with Gasteiger partial charge in [-0.3, -0.25) is 0 Å². The monoisotopic (exact) mass is 275 g/mol. The van der Waals surface area contributed by atoms with E-state index in [1.54, 1.807) is 0 Å². The van der Waals surface area contributed by atoms with Crippen molar-refractivity contribution < 1.29 is 4.74 Å². The van der Waals surface area contributed by atoms with Crippen LogP contribution in [-0.2, 0) is 10.2 Å². The molecule has 0 spiro atoms. The minimum Gasteiger partial charge on any atom is -0.376 e. The van der Waals surface area contributed by atoms with Crippen molar-refractivity contribution in [3.8, 4) is 0 Å². The predicted octanol–water partition coefficient (Wildman–Crippen LogP) is 4.20. The quantitative estimate of drug-likeness (QED) is 0.889. The summed E-state index contributed by atoms with van der Waals surface area (Å²) in [6.07, 6.45) is 3.98. The summed E-state index contributed by atoms with van der Waals surface area (Å²) in [5, 5.41) is 3.60. The largest absolute Gasteiger partial charge is 0.376 e. The summed E-state index contributed by atoms with van der Waals surface area (Å²) >= 11 is 0. The number of ether oxygens (including phenoxy) is 1. The van der Waals surface area contributed by atoms with Crippen molar-refractivity contribution in [3.63, 3.8) is 0 Å². The lowest BCUT2D eigenvalue weighted by atomic mass is 9.85. The fraction of sp³-hybridized carbons (Fsp3) is 0.667. The minimum absolute atomic E-state index is 0.216. The number of benzene rings is 1. The number of nitrogens with one attached hydrogen (secondary N) is 1. The zero-order valence-corrected chi connectivity index (χ0v) is 13.4. The number of likely N-dealkylation sites (N-methyl/N-ethyl adjacent to an activating group) is 1. The van der Waals surface area contributed by atoms with Crippen molar-refractivity contribution in [2.24, 2.45) is 0 Å². The Labute approximate surface area is 123 Å². The van der Waals surface area contributed by atoms with Crippen LogP contribution >= 0.6 is 0 Å². The van der Waals surface area contributed by atoms with Crippen LogP contribution in [0.25, 0.3) is 0 Å². The van der Waals surface area contributed by atoms with Crippen LogP contribution < -0.4 is 5.32 Å². The van der Waals surface area contributed by atoms with Gasteiger partial charge in [0.05, 0.1) is 12.1 Å². The van der Waals surface area contributed by atoms with E-state index in [4.69, 9.17) is 4.74 Å².